The van der Waals surface area contributed by atoms with Crippen molar-refractivity contribution in [2.75, 3.05) is 26.7 Å². The molecule has 1 unspecified atom stereocenters. The second-order valence-corrected chi connectivity index (χ2v) is 8.79. The Morgan fingerprint density at radius 2 is 1.82 bits per heavy atom. The van der Waals surface area contributed by atoms with Gasteiger partial charge in [0.15, 0.2) is 0 Å². The Labute approximate surface area is 166 Å². The first kappa shape index (κ1) is 20.4. The maximum Gasteiger partial charge on any atom is 0.257 e. The Kier molecular flexibility index (Phi) is 6.36. The van der Waals surface area contributed by atoms with Gasteiger partial charge in [0.05, 0.1) is 17.6 Å². The molecule has 2 aromatic carbocycles. The number of carbonyl (C=O) groups excluding carboxylic acids is 1. The van der Waals surface area contributed by atoms with Crippen LogP contribution in [0.15, 0.2) is 53.4 Å². The van der Waals surface area contributed by atoms with Crippen LogP contribution in [0.1, 0.15) is 41.6 Å². The molecule has 0 saturated carbocycles. The number of nitrogens with zero attached hydrogens (tertiary/aromatic N) is 1. The van der Waals surface area contributed by atoms with Crippen LogP contribution in [-0.4, -0.2) is 46.0 Å². The first-order chi connectivity index (χ1) is 13.4. The first-order valence-corrected chi connectivity index (χ1v) is 10.9. The van der Waals surface area contributed by atoms with Crippen molar-refractivity contribution in [3.8, 4) is 5.75 Å². The van der Waals surface area contributed by atoms with Crippen LogP contribution >= 0.6 is 0 Å². The molecule has 1 N–H and O–H groups in total. The maximum absolute atomic E-state index is 12.8. The average Bonchev–Trinajstić information content (AvgIpc) is 3.26. The van der Waals surface area contributed by atoms with Gasteiger partial charge < -0.3 is 9.64 Å². The number of hydrogen-bond acceptors (Lipinski definition) is 4. The Morgan fingerprint density at radius 1 is 1.14 bits per heavy atom. The zero-order chi connectivity index (χ0) is 20.1. The number of sulfonamides is 1. The number of ether oxygens (including phenoxy) is 1. The van der Waals surface area contributed by atoms with E-state index in [1.807, 2.05) is 37.3 Å². The van der Waals surface area contributed by atoms with Gasteiger partial charge in [0.1, 0.15) is 5.75 Å². The van der Waals surface area contributed by atoms with E-state index in [4.69, 9.17) is 4.74 Å². The third-order valence-corrected chi connectivity index (χ3v) is 6.47. The highest BCUT2D eigenvalue weighted by atomic mass is 32.2. The van der Waals surface area contributed by atoms with Crippen LogP contribution in [0, 0.1) is 0 Å². The number of benzene rings is 2. The molecule has 0 radical (unpaired) electrons. The van der Waals surface area contributed by atoms with E-state index in [9.17, 15) is 13.2 Å². The van der Waals surface area contributed by atoms with E-state index < -0.39 is 10.0 Å². The zero-order valence-electron chi connectivity index (χ0n) is 16.2. The van der Waals surface area contributed by atoms with Gasteiger partial charge in [-0.25, -0.2) is 13.1 Å². The highest BCUT2D eigenvalue weighted by Gasteiger charge is 2.25. The fourth-order valence-electron chi connectivity index (χ4n) is 3.33. The molecular weight excluding hydrogens is 376 g/mol. The monoisotopic (exact) mass is 402 g/mol. The molecule has 0 bridgehead atoms. The molecule has 1 fully saturated rings. The summed E-state index contributed by atoms with van der Waals surface area (Å²) in [4.78, 5) is 14.6. The van der Waals surface area contributed by atoms with Gasteiger partial charge in [-0.15, -0.1) is 0 Å². The van der Waals surface area contributed by atoms with Crippen LogP contribution in [0.4, 0.5) is 0 Å². The lowest BCUT2D eigenvalue weighted by molar-refractivity contribution is 0.0789. The molecule has 150 valence electrons. The van der Waals surface area contributed by atoms with Crippen LogP contribution < -0.4 is 9.46 Å². The summed E-state index contributed by atoms with van der Waals surface area (Å²) in [6, 6.07) is 14.2. The minimum atomic E-state index is -3.74. The van der Waals surface area contributed by atoms with Gasteiger partial charge in [0.2, 0.25) is 10.0 Å². The van der Waals surface area contributed by atoms with Crippen molar-refractivity contribution in [1.82, 2.24) is 9.62 Å². The molecule has 28 heavy (non-hydrogen) atoms. The van der Waals surface area contributed by atoms with Crippen LogP contribution in [0.3, 0.4) is 0 Å². The number of carbonyl (C=O) groups is 1. The van der Waals surface area contributed by atoms with Gasteiger partial charge in [-0.3, -0.25) is 4.79 Å². The van der Waals surface area contributed by atoms with Gasteiger partial charge in [-0.2, -0.15) is 0 Å². The normalized spacial score (nSPS) is 15.4. The molecule has 1 aliphatic rings. The van der Waals surface area contributed by atoms with Gasteiger partial charge >= 0.3 is 0 Å². The number of amides is 1. The summed E-state index contributed by atoms with van der Waals surface area (Å²) >= 11 is 0. The van der Waals surface area contributed by atoms with Crippen LogP contribution in [0.2, 0.25) is 0 Å². The van der Waals surface area contributed by atoms with E-state index in [2.05, 4.69) is 4.72 Å². The number of likely N-dealkylation sites (tertiary alicyclic amines) is 1. The fraction of sp³-hybridized carbons (Fsp3) is 0.381. The summed E-state index contributed by atoms with van der Waals surface area (Å²) in [5, 5.41) is 0. The minimum absolute atomic E-state index is 0.0277. The molecule has 3 rings (SSSR count). The van der Waals surface area contributed by atoms with E-state index in [-0.39, 0.29) is 28.8 Å². The highest BCUT2D eigenvalue weighted by molar-refractivity contribution is 7.89. The second kappa shape index (κ2) is 8.75. The summed E-state index contributed by atoms with van der Waals surface area (Å²) in [7, 11) is -2.27. The van der Waals surface area contributed by atoms with Crippen molar-refractivity contribution >= 4 is 15.9 Å². The summed E-state index contributed by atoms with van der Waals surface area (Å²) in [5.41, 5.74) is 1.34. The van der Waals surface area contributed by atoms with Crippen molar-refractivity contribution in [2.45, 2.75) is 30.6 Å². The highest BCUT2D eigenvalue weighted by Crippen LogP contribution is 2.25. The van der Waals surface area contributed by atoms with E-state index in [1.165, 1.54) is 19.2 Å². The number of nitrogens with one attached hydrogen (secondary N) is 1. The van der Waals surface area contributed by atoms with E-state index in [1.54, 1.807) is 11.0 Å². The van der Waals surface area contributed by atoms with Crippen molar-refractivity contribution < 1.29 is 17.9 Å². The third kappa shape index (κ3) is 4.54. The molecule has 6 nitrogen and oxygen atoms in total. The molecule has 0 aromatic heterocycles. The molecular formula is C21H26N2O4S. The fourth-order valence-corrected chi connectivity index (χ4v) is 4.49. The predicted octanol–water partition coefficient (Wildman–Crippen LogP) is 3.01. The largest absolute Gasteiger partial charge is 0.496 e. The van der Waals surface area contributed by atoms with Crippen molar-refractivity contribution in [3.63, 3.8) is 0 Å². The standard InChI is InChI=1S/C21H26N2O4S/c1-16(17-8-4-3-5-9-17)15-22-28(25,26)18-10-11-20(27-2)19(14-18)21(24)23-12-6-7-13-23/h3-5,8-11,14,16,22H,6-7,12-13,15H2,1-2H3. The summed E-state index contributed by atoms with van der Waals surface area (Å²) in [6.45, 7) is 3.61. The lowest BCUT2D eigenvalue weighted by Gasteiger charge is -2.18. The van der Waals surface area contributed by atoms with Crippen molar-refractivity contribution in [1.29, 1.82) is 0 Å². The van der Waals surface area contributed by atoms with Crippen LogP contribution in [0.5, 0.6) is 5.75 Å². The molecule has 7 heteroatoms. The Morgan fingerprint density at radius 3 is 2.46 bits per heavy atom. The summed E-state index contributed by atoms with van der Waals surface area (Å²) in [5.74, 6) is 0.220. The molecule has 1 heterocycles. The lowest BCUT2D eigenvalue weighted by atomic mass is 10.0. The lowest BCUT2D eigenvalue weighted by Crippen LogP contribution is -2.30. The Balaban J connectivity index is 1.79. The molecule has 0 spiro atoms. The Hall–Kier alpha value is -2.38. The van der Waals surface area contributed by atoms with Crippen molar-refractivity contribution in [3.05, 3.63) is 59.7 Å². The minimum Gasteiger partial charge on any atom is -0.496 e. The van der Waals surface area contributed by atoms with Gasteiger partial charge in [0, 0.05) is 19.6 Å². The summed E-state index contributed by atoms with van der Waals surface area (Å²) in [6.07, 6.45) is 1.93. The van der Waals surface area contributed by atoms with Gasteiger partial charge in [-0.05, 0) is 42.5 Å². The maximum atomic E-state index is 12.8. The first-order valence-electron chi connectivity index (χ1n) is 9.44. The number of rotatable bonds is 7. The second-order valence-electron chi connectivity index (χ2n) is 7.03. The molecule has 1 saturated heterocycles. The number of hydrogen-bond donors (Lipinski definition) is 1. The SMILES string of the molecule is COc1ccc(S(=O)(=O)NCC(C)c2ccccc2)cc1C(=O)N1CCCC1. The van der Waals surface area contributed by atoms with Crippen molar-refractivity contribution in [2.24, 2.45) is 0 Å². The molecule has 0 aliphatic carbocycles. The van der Waals surface area contributed by atoms with Gasteiger partial charge in [0.25, 0.3) is 5.91 Å². The molecule has 2 aromatic rings. The van der Waals surface area contributed by atoms with E-state index in [0.29, 0.717) is 18.8 Å². The van der Waals surface area contributed by atoms with Gasteiger partial charge in [-0.1, -0.05) is 37.3 Å². The smallest absolute Gasteiger partial charge is 0.257 e. The quantitative estimate of drug-likeness (QED) is 0.772. The van der Waals surface area contributed by atoms with E-state index >= 15 is 0 Å². The molecule has 1 amide bonds. The molecule has 1 atom stereocenters. The van der Waals surface area contributed by atoms with E-state index in [0.717, 1.165) is 18.4 Å². The summed E-state index contributed by atoms with van der Waals surface area (Å²) < 4.78 is 33.5. The topological polar surface area (TPSA) is 75.7 Å². The predicted molar refractivity (Wildman–Crippen MR) is 108 cm³/mol. The Bertz CT molecular complexity index is 923. The third-order valence-electron chi connectivity index (χ3n) is 5.05. The van der Waals surface area contributed by atoms with Crippen LogP contribution in [-0.2, 0) is 10.0 Å². The van der Waals surface area contributed by atoms with Crippen LogP contribution in [0.25, 0.3) is 0 Å². The zero-order valence-corrected chi connectivity index (χ0v) is 17.0. The number of methoxy groups -OCH3 is 1. The average molecular weight is 403 g/mol. The molecule has 1 aliphatic heterocycles.